The Kier molecular flexibility index (Phi) is 5.79. The van der Waals surface area contributed by atoms with Crippen LogP contribution in [0.1, 0.15) is 24.2 Å². The molecule has 0 spiro atoms. The van der Waals surface area contributed by atoms with Gasteiger partial charge in [0.15, 0.2) is 17.3 Å². The van der Waals surface area contributed by atoms with E-state index in [4.69, 9.17) is 4.74 Å². The van der Waals surface area contributed by atoms with Crippen molar-refractivity contribution < 1.29 is 19.7 Å². The Hall–Kier alpha value is -1.59. The minimum Gasteiger partial charge on any atom is -0.504 e. The van der Waals surface area contributed by atoms with Crippen LogP contribution in [0, 0.1) is 0 Å². The fraction of sp³-hybridized carbons (Fsp3) is 0.500. The molecule has 0 fully saturated rings. The summed E-state index contributed by atoms with van der Waals surface area (Å²) in [5.74, 6) is -0.601. The molecule has 0 heterocycles. The first-order valence-electron chi connectivity index (χ1n) is 6.27. The van der Waals surface area contributed by atoms with Crippen molar-refractivity contribution in [1.29, 1.82) is 0 Å². The monoisotopic (exact) mass is 267 g/mol. The second-order valence-electron chi connectivity index (χ2n) is 4.49. The molecule has 0 aliphatic heterocycles. The Morgan fingerprint density at radius 2 is 2.05 bits per heavy atom. The maximum atomic E-state index is 12.1. The first kappa shape index (κ1) is 15.5. The molecule has 1 unspecified atom stereocenters. The van der Waals surface area contributed by atoms with E-state index in [1.54, 1.807) is 7.11 Å². The summed E-state index contributed by atoms with van der Waals surface area (Å²) in [5.41, 5.74) is 0.387. The minimum atomic E-state index is -0.279. The molecule has 2 N–H and O–H groups in total. The molecule has 0 radical (unpaired) electrons. The van der Waals surface area contributed by atoms with Crippen molar-refractivity contribution in [2.24, 2.45) is 0 Å². The van der Waals surface area contributed by atoms with Gasteiger partial charge in [0.25, 0.3) is 0 Å². The first-order valence-corrected chi connectivity index (χ1v) is 6.27. The van der Waals surface area contributed by atoms with Crippen molar-refractivity contribution in [3.05, 3.63) is 23.8 Å². The molecule has 5 heteroatoms. The lowest BCUT2D eigenvalue weighted by Crippen LogP contribution is -2.39. The number of phenolic OH excluding ortho intramolecular Hbond substituents is 2. The van der Waals surface area contributed by atoms with Crippen LogP contribution < -0.4 is 0 Å². The number of Topliss-reactive ketones (excluding diaryl/α,β-unsaturated/α-hetero) is 1. The molecule has 1 aromatic carbocycles. The molecule has 5 nitrogen and oxygen atoms in total. The molecule has 0 amide bonds. The number of methoxy groups -OCH3 is 1. The smallest absolute Gasteiger partial charge is 0.176 e. The fourth-order valence-corrected chi connectivity index (χ4v) is 1.90. The lowest BCUT2D eigenvalue weighted by Gasteiger charge is -2.26. The summed E-state index contributed by atoms with van der Waals surface area (Å²) in [5, 5.41) is 18.6. The summed E-state index contributed by atoms with van der Waals surface area (Å²) in [6.07, 6.45) is 0. The molecule has 0 saturated carbocycles. The van der Waals surface area contributed by atoms with Gasteiger partial charge in [-0.25, -0.2) is 0 Å². The molecule has 0 aromatic heterocycles. The Morgan fingerprint density at radius 3 is 2.58 bits per heavy atom. The van der Waals surface area contributed by atoms with Crippen molar-refractivity contribution >= 4 is 5.78 Å². The van der Waals surface area contributed by atoms with Gasteiger partial charge in [-0.3, -0.25) is 9.69 Å². The number of nitrogens with zero attached hydrogens (tertiary/aromatic N) is 1. The number of ether oxygens (including phenoxy) is 1. The number of benzene rings is 1. The van der Waals surface area contributed by atoms with Crippen LogP contribution in [-0.2, 0) is 4.74 Å². The molecular formula is C14H21NO4. The summed E-state index contributed by atoms with van der Waals surface area (Å²) < 4.78 is 5.08. The maximum Gasteiger partial charge on any atom is 0.176 e. The Labute approximate surface area is 113 Å². The summed E-state index contributed by atoms with van der Waals surface area (Å²) in [6.45, 7) is 5.52. The number of carbonyl (C=O) groups is 1. The number of phenols is 2. The zero-order chi connectivity index (χ0) is 14.4. The lowest BCUT2D eigenvalue weighted by molar-refractivity contribution is 0.0787. The highest BCUT2D eigenvalue weighted by atomic mass is 16.5. The highest BCUT2D eigenvalue weighted by molar-refractivity contribution is 5.98. The fourth-order valence-electron chi connectivity index (χ4n) is 1.90. The standard InChI is InChI=1S/C14H21NO4/c1-4-15(10(2)9-19-3)8-14(18)11-5-6-12(16)13(17)7-11/h5-7,10,16-17H,4,8-9H2,1-3H3. The van der Waals surface area contributed by atoms with Crippen LogP contribution >= 0.6 is 0 Å². The molecule has 0 aliphatic rings. The van der Waals surface area contributed by atoms with E-state index >= 15 is 0 Å². The topological polar surface area (TPSA) is 70.0 Å². The Balaban J connectivity index is 2.74. The van der Waals surface area contributed by atoms with Crippen molar-refractivity contribution in [3.63, 3.8) is 0 Å². The second-order valence-corrected chi connectivity index (χ2v) is 4.49. The molecule has 1 atom stereocenters. The van der Waals surface area contributed by atoms with Gasteiger partial charge in [0, 0.05) is 18.7 Å². The number of hydrogen-bond donors (Lipinski definition) is 2. The summed E-state index contributed by atoms with van der Waals surface area (Å²) in [6, 6.07) is 4.25. The van der Waals surface area contributed by atoms with Crippen LogP contribution in [0.15, 0.2) is 18.2 Å². The molecule has 0 saturated heterocycles. The zero-order valence-corrected chi connectivity index (χ0v) is 11.6. The SMILES string of the molecule is CCN(CC(=O)c1ccc(O)c(O)c1)C(C)COC. The van der Waals surface area contributed by atoms with E-state index in [0.29, 0.717) is 12.2 Å². The highest BCUT2D eigenvalue weighted by Gasteiger charge is 2.17. The molecule has 106 valence electrons. The van der Waals surface area contributed by atoms with Gasteiger partial charge in [-0.2, -0.15) is 0 Å². The normalized spacial score (nSPS) is 12.6. The molecule has 0 bridgehead atoms. The zero-order valence-electron chi connectivity index (χ0n) is 11.6. The largest absolute Gasteiger partial charge is 0.504 e. The van der Waals surface area contributed by atoms with E-state index in [1.807, 2.05) is 18.7 Å². The van der Waals surface area contributed by atoms with Gasteiger partial charge >= 0.3 is 0 Å². The van der Waals surface area contributed by atoms with Crippen molar-refractivity contribution in [2.75, 3.05) is 26.8 Å². The average Bonchev–Trinajstić information content (AvgIpc) is 2.39. The summed E-state index contributed by atoms with van der Waals surface area (Å²) in [4.78, 5) is 14.1. The lowest BCUT2D eigenvalue weighted by atomic mass is 10.1. The van der Waals surface area contributed by atoms with Crippen LogP contribution in [0.5, 0.6) is 11.5 Å². The molecule has 1 aromatic rings. The van der Waals surface area contributed by atoms with Crippen LogP contribution in [0.3, 0.4) is 0 Å². The van der Waals surface area contributed by atoms with Crippen LogP contribution in [0.2, 0.25) is 0 Å². The summed E-state index contributed by atoms with van der Waals surface area (Å²) in [7, 11) is 1.63. The van der Waals surface area contributed by atoms with E-state index in [9.17, 15) is 15.0 Å². The van der Waals surface area contributed by atoms with Gasteiger partial charge in [0.1, 0.15) is 0 Å². The molecule has 19 heavy (non-hydrogen) atoms. The second kappa shape index (κ2) is 7.11. The van der Waals surface area contributed by atoms with Gasteiger partial charge in [0.05, 0.1) is 13.2 Å². The quantitative estimate of drug-likeness (QED) is 0.580. The Morgan fingerprint density at radius 1 is 1.37 bits per heavy atom. The molecule has 0 aliphatic carbocycles. The van der Waals surface area contributed by atoms with Gasteiger partial charge < -0.3 is 14.9 Å². The summed E-state index contributed by atoms with van der Waals surface area (Å²) >= 11 is 0. The third kappa shape index (κ3) is 4.22. The number of aromatic hydroxyl groups is 2. The number of rotatable bonds is 7. The highest BCUT2D eigenvalue weighted by Crippen LogP contribution is 2.25. The predicted molar refractivity (Wildman–Crippen MR) is 72.7 cm³/mol. The van der Waals surface area contributed by atoms with Crippen LogP contribution in [-0.4, -0.2) is 53.7 Å². The number of carbonyl (C=O) groups excluding carboxylic acids is 1. The van der Waals surface area contributed by atoms with E-state index < -0.39 is 0 Å². The van der Waals surface area contributed by atoms with Gasteiger partial charge in [-0.15, -0.1) is 0 Å². The van der Waals surface area contributed by atoms with E-state index in [2.05, 4.69) is 0 Å². The van der Waals surface area contributed by atoms with Crippen molar-refractivity contribution in [3.8, 4) is 11.5 Å². The van der Waals surface area contributed by atoms with Crippen LogP contribution in [0.4, 0.5) is 0 Å². The molecular weight excluding hydrogens is 246 g/mol. The van der Waals surface area contributed by atoms with Crippen LogP contribution in [0.25, 0.3) is 0 Å². The Bertz CT molecular complexity index is 433. The number of likely N-dealkylation sites (N-methyl/N-ethyl adjacent to an activating group) is 1. The van der Waals surface area contributed by atoms with Crippen molar-refractivity contribution in [1.82, 2.24) is 4.90 Å². The van der Waals surface area contributed by atoms with Gasteiger partial charge in [-0.1, -0.05) is 6.92 Å². The predicted octanol–water partition coefficient (Wildman–Crippen LogP) is 1.64. The minimum absolute atomic E-state index is 0.0971. The molecule has 1 rings (SSSR count). The van der Waals surface area contributed by atoms with Gasteiger partial charge in [0.2, 0.25) is 0 Å². The third-order valence-electron chi connectivity index (χ3n) is 3.08. The first-order chi connectivity index (χ1) is 8.99. The van der Waals surface area contributed by atoms with E-state index in [0.717, 1.165) is 6.54 Å². The number of ketones is 1. The third-order valence-corrected chi connectivity index (χ3v) is 3.08. The average molecular weight is 267 g/mol. The van der Waals surface area contributed by atoms with Gasteiger partial charge in [-0.05, 0) is 31.7 Å². The van der Waals surface area contributed by atoms with Crippen molar-refractivity contribution in [2.45, 2.75) is 19.9 Å². The van der Waals surface area contributed by atoms with E-state index in [1.165, 1.54) is 18.2 Å². The van der Waals surface area contributed by atoms with E-state index in [-0.39, 0.29) is 29.9 Å². The number of hydrogen-bond acceptors (Lipinski definition) is 5. The maximum absolute atomic E-state index is 12.1.